The smallest absolute Gasteiger partial charge is 0.304 e. The van der Waals surface area contributed by atoms with E-state index in [1.807, 2.05) is 38.3 Å². The molecular formula is C13H18O3S. The average Bonchev–Trinajstić information content (AvgIpc) is 2.26. The van der Waals surface area contributed by atoms with Crippen molar-refractivity contribution in [3.63, 3.8) is 0 Å². The van der Waals surface area contributed by atoms with Crippen molar-refractivity contribution in [2.24, 2.45) is 0 Å². The molecular weight excluding hydrogens is 236 g/mol. The molecule has 1 rings (SSSR count). The second-order valence-corrected chi connectivity index (χ2v) is 5.31. The van der Waals surface area contributed by atoms with Crippen molar-refractivity contribution in [3.05, 3.63) is 23.8 Å². The van der Waals surface area contributed by atoms with Crippen LogP contribution in [-0.2, 0) is 10.2 Å². The van der Waals surface area contributed by atoms with Crippen LogP contribution < -0.4 is 4.74 Å². The number of carboxylic acids is 1. The SMILES string of the molecule is COc1cccc(C(C)(C)CC(=O)O)c1SC. The van der Waals surface area contributed by atoms with Gasteiger partial charge in [0.2, 0.25) is 0 Å². The summed E-state index contributed by atoms with van der Waals surface area (Å²) in [4.78, 5) is 11.9. The number of ether oxygens (including phenoxy) is 1. The van der Waals surface area contributed by atoms with Crippen LogP contribution in [0.2, 0.25) is 0 Å². The van der Waals surface area contributed by atoms with Crippen molar-refractivity contribution < 1.29 is 14.6 Å². The lowest BCUT2D eigenvalue weighted by molar-refractivity contribution is -0.138. The van der Waals surface area contributed by atoms with Gasteiger partial charge in [-0.25, -0.2) is 0 Å². The molecule has 1 N–H and O–H groups in total. The van der Waals surface area contributed by atoms with Crippen LogP contribution in [-0.4, -0.2) is 24.4 Å². The Balaban J connectivity index is 3.25. The van der Waals surface area contributed by atoms with Gasteiger partial charge in [0.05, 0.1) is 18.4 Å². The Bertz CT molecular complexity index is 413. The van der Waals surface area contributed by atoms with E-state index in [1.54, 1.807) is 18.9 Å². The summed E-state index contributed by atoms with van der Waals surface area (Å²) in [6, 6.07) is 5.76. The Hall–Kier alpha value is -1.16. The maximum absolute atomic E-state index is 10.9. The quantitative estimate of drug-likeness (QED) is 0.820. The summed E-state index contributed by atoms with van der Waals surface area (Å²) in [5.74, 6) is 0.0123. The monoisotopic (exact) mass is 254 g/mol. The third kappa shape index (κ3) is 3.16. The first-order chi connectivity index (χ1) is 7.92. The van der Waals surface area contributed by atoms with Gasteiger partial charge in [0, 0.05) is 5.41 Å². The highest BCUT2D eigenvalue weighted by atomic mass is 32.2. The normalized spacial score (nSPS) is 11.3. The Morgan fingerprint density at radius 2 is 2.12 bits per heavy atom. The van der Waals surface area contributed by atoms with Gasteiger partial charge in [-0.3, -0.25) is 4.79 Å². The summed E-state index contributed by atoms with van der Waals surface area (Å²) >= 11 is 1.58. The van der Waals surface area contributed by atoms with Crippen LogP contribution in [0.5, 0.6) is 5.75 Å². The summed E-state index contributed by atoms with van der Waals surface area (Å²) in [7, 11) is 1.63. The highest BCUT2D eigenvalue weighted by molar-refractivity contribution is 7.98. The van der Waals surface area contributed by atoms with Crippen molar-refractivity contribution in [3.8, 4) is 5.75 Å². The molecule has 0 spiro atoms. The van der Waals surface area contributed by atoms with Crippen LogP contribution in [0.15, 0.2) is 23.1 Å². The fourth-order valence-corrected chi connectivity index (χ4v) is 2.81. The molecule has 3 nitrogen and oxygen atoms in total. The Morgan fingerprint density at radius 3 is 2.59 bits per heavy atom. The summed E-state index contributed by atoms with van der Waals surface area (Å²) < 4.78 is 5.31. The number of hydrogen-bond donors (Lipinski definition) is 1. The maximum atomic E-state index is 10.9. The van der Waals surface area contributed by atoms with Gasteiger partial charge in [-0.15, -0.1) is 11.8 Å². The molecule has 0 aromatic heterocycles. The van der Waals surface area contributed by atoms with Crippen LogP contribution in [0.3, 0.4) is 0 Å². The van der Waals surface area contributed by atoms with Crippen LogP contribution in [0.1, 0.15) is 25.8 Å². The maximum Gasteiger partial charge on any atom is 0.304 e. The molecule has 0 aliphatic carbocycles. The molecule has 0 bridgehead atoms. The summed E-state index contributed by atoms with van der Waals surface area (Å²) in [5.41, 5.74) is 0.616. The topological polar surface area (TPSA) is 46.5 Å². The number of carbonyl (C=O) groups is 1. The lowest BCUT2D eigenvalue weighted by atomic mass is 9.81. The number of hydrogen-bond acceptors (Lipinski definition) is 3. The molecule has 94 valence electrons. The van der Waals surface area contributed by atoms with E-state index in [-0.39, 0.29) is 6.42 Å². The molecule has 17 heavy (non-hydrogen) atoms. The molecule has 0 saturated carbocycles. The highest BCUT2D eigenvalue weighted by Gasteiger charge is 2.27. The van der Waals surface area contributed by atoms with Crippen molar-refractivity contribution >= 4 is 17.7 Å². The number of benzene rings is 1. The zero-order chi connectivity index (χ0) is 13.1. The molecule has 0 radical (unpaired) electrons. The standard InChI is InChI=1S/C13H18O3S/c1-13(2,8-11(14)15)9-6-5-7-10(16-3)12(9)17-4/h5-7H,8H2,1-4H3,(H,14,15). The second-order valence-electron chi connectivity index (χ2n) is 4.50. The van der Waals surface area contributed by atoms with E-state index < -0.39 is 11.4 Å². The number of carboxylic acid groups (broad SMARTS) is 1. The minimum Gasteiger partial charge on any atom is -0.496 e. The van der Waals surface area contributed by atoms with E-state index in [0.717, 1.165) is 16.2 Å². The Morgan fingerprint density at radius 1 is 1.47 bits per heavy atom. The fraction of sp³-hybridized carbons (Fsp3) is 0.462. The molecule has 0 fully saturated rings. The molecule has 1 aromatic rings. The van der Waals surface area contributed by atoms with Gasteiger partial charge >= 0.3 is 5.97 Å². The second kappa shape index (κ2) is 5.45. The van der Waals surface area contributed by atoms with E-state index in [2.05, 4.69) is 0 Å². The summed E-state index contributed by atoms with van der Waals surface area (Å²) in [6.45, 7) is 3.88. The third-order valence-electron chi connectivity index (χ3n) is 2.73. The van der Waals surface area contributed by atoms with Gasteiger partial charge in [0.1, 0.15) is 5.75 Å². The molecule has 1 aromatic carbocycles. The molecule has 0 saturated heterocycles. The first kappa shape index (κ1) is 13.9. The van der Waals surface area contributed by atoms with Gasteiger partial charge in [0.25, 0.3) is 0 Å². The molecule has 0 atom stereocenters. The average molecular weight is 254 g/mol. The Labute approximate surface area is 106 Å². The van der Waals surface area contributed by atoms with Gasteiger partial charge in [-0.05, 0) is 17.9 Å². The van der Waals surface area contributed by atoms with Crippen LogP contribution >= 0.6 is 11.8 Å². The molecule has 0 amide bonds. The van der Waals surface area contributed by atoms with Crippen molar-refractivity contribution in [2.45, 2.75) is 30.6 Å². The third-order valence-corrected chi connectivity index (χ3v) is 3.55. The molecule has 4 heteroatoms. The zero-order valence-electron chi connectivity index (χ0n) is 10.6. The largest absolute Gasteiger partial charge is 0.496 e. The molecule has 0 aliphatic rings. The molecule has 0 heterocycles. The molecule has 0 unspecified atom stereocenters. The number of methoxy groups -OCH3 is 1. The number of aliphatic carboxylic acids is 1. The lowest BCUT2D eigenvalue weighted by Crippen LogP contribution is -2.22. The van der Waals surface area contributed by atoms with Crippen molar-refractivity contribution in [1.82, 2.24) is 0 Å². The van der Waals surface area contributed by atoms with E-state index in [4.69, 9.17) is 9.84 Å². The van der Waals surface area contributed by atoms with E-state index in [0.29, 0.717) is 0 Å². The van der Waals surface area contributed by atoms with E-state index in [9.17, 15) is 4.79 Å². The number of thioether (sulfide) groups is 1. The summed E-state index contributed by atoms with van der Waals surface area (Å²) in [5, 5.41) is 8.96. The van der Waals surface area contributed by atoms with E-state index >= 15 is 0 Å². The van der Waals surface area contributed by atoms with Crippen LogP contribution in [0.4, 0.5) is 0 Å². The fourth-order valence-electron chi connectivity index (χ4n) is 1.89. The summed E-state index contributed by atoms with van der Waals surface area (Å²) in [6.07, 6.45) is 2.08. The predicted molar refractivity (Wildman–Crippen MR) is 70.1 cm³/mol. The van der Waals surface area contributed by atoms with Crippen LogP contribution in [0, 0.1) is 0 Å². The zero-order valence-corrected chi connectivity index (χ0v) is 11.4. The lowest BCUT2D eigenvalue weighted by Gasteiger charge is -2.26. The van der Waals surface area contributed by atoms with Gasteiger partial charge in [0.15, 0.2) is 0 Å². The Kier molecular flexibility index (Phi) is 4.46. The van der Waals surface area contributed by atoms with Gasteiger partial charge in [-0.1, -0.05) is 26.0 Å². The van der Waals surface area contributed by atoms with Crippen molar-refractivity contribution in [2.75, 3.05) is 13.4 Å². The first-order valence-electron chi connectivity index (χ1n) is 5.35. The van der Waals surface area contributed by atoms with Crippen LogP contribution in [0.25, 0.3) is 0 Å². The first-order valence-corrected chi connectivity index (χ1v) is 6.58. The minimum atomic E-state index is -0.787. The van der Waals surface area contributed by atoms with Crippen molar-refractivity contribution in [1.29, 1.82) is 0 Å². The van der Waals surface area contributed by atoms with E-state index in [1.165, 1.54) is 0 Å². The molecule has 0 aliphatic heterocycles. The highest BCUT2D eigenvalue weighted by Crippen LogP contribution is 2.39. The number of rotatable bonds is 5. The van der Waals surface area contributed by atoms with Gasteiger partial charge < -0.3 is 9.84 Å². The minimum absolute atomic E-state index is 0.105. The predicted octanol–water partition coefficient (Wildman–Crippen LogP) is 3.17. The van der Waals surface area contributed by atoms with Gasteiger partial charge in [-0.2, -0.15) is 0 Å².